The monoisotopic (exact) mass is 400 g/mol. The highest BCUT2D eigenvalue weighted by Gasteiger charge is 2.25. The maximum Gasteiger partial charge on any atom is 0.238 e. The number of hydrogen-bond acceptors (Lipinski definition) is 3. The van der Waals surface area contributed by atoms with Crippen LogP contribution in [-0.4, -0.2) is 25.0 Å². The third-order valence-corrected chi connectivity index (χ3v) is 5.43. The molecule has 1 saturated heterocycles. The molecule has 2 atom stereocenters. The second-order valence-corrected chi connectivity index (χ2v) is 7.27. The van der Waals surface area contributed by atoms with Gasteiger partial charge in [-0.05, 0) is 36.7 Å². The lowest BCUT2D eigenvalue weighted by Crippen LogP contribution is -2.38. The highest BCUT2D eigenvalue weighted by molar-refractivity contribution is 8.00. The van der Waals surface area contributed by atoms with E-state index in [0.29, 0.717) is 0 Å². The number of amides is 1. The van der Waals surface area contributed by atoms with Gasteiger partial charge >= 0.3 is 0 Å². The molecule has 2 aromatic carbocycles. The van der Waals surface area contributed by atoms with Gasteiger partial charge in [0.2, 0.25) is 5.91 Å². The summed E-state index contributed by atoms with van der Waals surface area (Å²) in [5.41, 5.74) is 0.909. The predicted octanol–water partition coefficient (Wildman–Crippen LogP) is 4.21. The lowest BCUT2D eigenvalue weighted by Gasteiger charge is -2.20. The van der Waals surface area contributed by atoms with Gasteiger partial charge in [-0.1, -0.05) is 41.9 Å². The van der Waals surface area contributed by atoms with E-state index < -0.39 is 11.1 Å². The van der Waals surface area contributed by atoms with Crippen molar-refractivity contribution in [1.82, 2.24) is 10.6 Å². The second kappa shape index (κ2) is 9.43. The molecule has 25 heavy (non-hydrogen) atoms. The first kappa shape index (κ1) is 20.0. The van der Waals surface area contributed by atoms with Gasteiger partial charge in [-0.2, -0.15) is 0 Å². The summed E-state index contributed by atoms with van der Waals surface area (Å²) in [6.45, 7) is 1.71. The Morgan fingerprint density at radius 2 is 2.04 bits per heavy atom. The number of nitrogens with one attached hydrogen (secondary N) is 2. The van der Waals surface area contributed by atoms with Crippen molar-refractivity contribution in [1.29, 1.82) is 0 Å². The lowest BCUT2D eigenvalue weighted by molar-refractivity contribution is -0.121. The van der Waals surface area contributed by atoms with E-state index in [0.717, 1.165) is 30.0 Å². The number of rotatable bonds is 5. The van der Waals surface area contributed by atoms with E-state index >= 15 is 0 Å². The van der Waals surface area contributed by atoms with Crippen LogP contribution in [-0.2, 0) is 4.79 Å². The second-order valence-electron chi connectivity index (χ2n) is 5.68. The summed E-state index contributed by atoms with van der Waals surface area (Å²) in [4.78, 5) is 13.5. The molecular weight excluding hydrogens is 382 g/mol. The zero-order valence-electron chi connectivity index (χ0n) is 13.4. The smallest absolute Gasteiger partial charge is 0.238 e. The van der Waals surface area contributed by atoms with E-state index in [9.17, 15) is 9.18 Å². The number of carbonyl (C=O) groups is 1. The Morgan fingerprint density at radius 3 is 2.68 bits per heavy atom. The van der Waals surface area contributed by atoms with E-state index in [4.69, 9.17) is 11.6 Å². The van der Waals surface area contributed by atoms with Gasteiger partial charge in [0, 0.05) is 17.5 Å². The minimum absolute atomic E-state index is 0. The fourth-order valence-corrected chi connectivity index (χ4v) is 3.96. The van der Waals surface area contributed by atoms with Gasteiger partial charge in [0.1, 0.15) is 11.1 Å². The van der Waals surface area contributed by atoms with Crippen molar-refractivity contribution in [3.8, 4) is 0 Å². The predicted molar refractivity (Wildman–Crippen MR) is 103 cm³/mol. The molecule has 3 nitrogen and oxygen atoms in total. The molecular formula is C18H19Cl2FN2OS. The molecule has 0 radical (unpaired) electrons. The minimum atomic E-state index is -0.459. The van der Waals surface area contributed by atoms with Crippen LogP contribution < -0.4 is 10.6 Å². The van der Waals surface area contributed by atoms with E-state index in [2.05, 4.69) is 10.6 Å². The number of thioether (sulfide) groups is 1. The number of hydrogen-bond donors (Lipinski definition) is 2. The van der Waals surface area contributed by atoms with Crippen molar-refractivity contribution in [2.45, 2.75) is 22.6 Å². The van der Waals surface area contributed by atoms with Crippen LogP contribution in [0, 0.1) is 5.82 Å². The van der Waals surface area contributed by atoms with Gasteiger partial charge in [-0.15, -0.1) is 24.2 Å². The molecule has 1 fully saturated rings. The van der Waals surface area contributed by atoms with Crippen molar-refractivity contribution >= 4 is 41.7 Å². The molecule has 0 bridgehead atoms. The molecule has 0 aliphatic carbocycles. The van der Waals surface area contributed by atoms with Crippen molar-refractivity contribution in [3.05, 3.63) is 64.9 Å². The summed E-state index contributed by atoms with van der Waals surface area (Å²) in [6, 6.07) is 14.3. The Kier molecular flexibility index (Phi) is 7.56. The van der Waals surface area contributed by atoms with Gasteiger partial charge in [0.15, 0.2) is 0 Å². The molecule has 0 saturated carbocycles. The molecule has 0 spiro atoms. The summed E-state index contributed by atoms with van der Waals surface area (Å²) in [7, 11) is 0. The van der Waals surface area contributed by atoms with Crippen LogP contribution in [0.25, 0.3) is 0 Å². The standard InChI is InChI=1S/C18H18ClFN2OS.ClH/c19-15-10-14(6-7-16(15)20)24-17(12-4-2-1-3-5-12)18(23)22-13-8-9-21-11-13;/h1-7,10,13,17,21H,8-9,11H2,(H,22,23);1H. The Balaban J connectivity index is 0.00000225. The topological polar surface area (TPSA) is 41.1 Å². The van der Waals surface area contributed by atoms with Crippen LogP contribution >= 0.6 is 35.8 Å². The molecule has 2 unspecified atom stereocenters. The molecule has 1 aliphatic rings. The molecule has 3 rings (SSSR count). The highest BCUT2D eigenvalue weighted by atomic mass is 35.5. The van der Waals surface area contributed by atoms with Gasteiger partial charge in [-0.25, -0.2) is 4.39 Å². The first-order chi connectivity index (χ1) is 11.6. The molecule has 1 heterocycles. The van der Waals surface area contributed by atoms with Gasteiger partial charge in [-0.3, -0.25) is 4.79 Å². The van der Waals surface area contributed by atoms with Gasteiger partial charge in [0.25, 0.3) is 0 Å². The van der Waals surface area contributed by atoms with Gasteiger partial charge < -0.3 is 10.6 Å². The molecule has 134 valence electrons. The Hall–Kier alpha value is -1.27. The summed E-state index contributed by atoms with van der Waals surface area (Å²) in [6.07, 6.45) is 0.931. The fraction of sp³-hybridized carbons (Fsp3) is 0.278. The molecule has 2 aromatic rings. The normalized spacial score (nSPS) is 17.6. The average molecular weight is 401 g/mol. The first-order valence-corrected chi connectivity index (χ1v) is 9.07. The molecule has 0 aromatic heterocycles. The van der Waals surface area contributed by atoms with Crippen LogP contribution in [0.2, 0.25) is 5.02 Å². The third kappa shape index (κ3) is 5.35. The van der Waals surface area contributed by atoms with Crippen molar-refractivity contribution in [2.75, 3.05) is 13.1 Å². The van der Waals surface area contributed by atoms with Crippen LogP contribution in [0.5, 0.6) is 0 Å². The number of carbonyl (C=O) groups excluding carboxylic acids is 1. The Labute approximate surface area is 162 Å². The maximum absolute atomic E-state index is 13.4. The molecule has 1 aliphatic heterocycles. The number of benzene rings is 2. The number of halogens is 3. The zero-order valence-corrected chi connectivity index (χ0v) is 15.8. The fourth-order valence-electron chi connectivity index (χ4n) is 2.64. The van der Waals surface area contributed by atoms with Crippen molar-refractivity contribution in [2.24, 2.45) is 0 Å². The van der Waals surface area contributed by atoms with E-state index in [1.165, 1.54) is 17.8 Å². The van der Waals surface area contributed by atoms with E-state index in [1.807, 2.05) is 30.3 Å². The van der Waals surface area contributed by atoms with E-state index in [-0.39, 0.29) is 29.4 Å². The van der Waals surface area contributed by atoms with Crippen molar-refractivity contribution in [3.63, 3.8) is 0 Å². The van der Waals surface area contributed by atoms with Gasteiger partial charge in [0.05, 0.1) is 5.02 Å². The van der Waals surface area contributed by atoms with E-state index in [1.54, 1.807) is 12.1 Å². The average Bonchev–Trinajstić information content (AvgIpc) is 3.09. The van der Waals surface area contributed by atoms with Crippen LogP contribution in [0.15, 0.2) is 53.4 Å². The van der Waals surface area contributed by atoms with Crippen molar-refractivity contribution < 1.29 is 9.18 Å². The lowest BCUT2D eigenvalue weighted by atomic mass is 10.1. The van der Waals surface area contributed by atoms with Crippen LogP contribution in [0.3, 0.4) is 0 Å². The Bertz CT molecular complexity index is 711. The maximum atomic E-state index is 13.4. The first-order valence-electron chi connectivity index (χ1n) is 7.81. The zero-order chi connectivity index (χ0) is 16.9. The molecule has 2 N–H and O–H groups in total. The largest absolute Gasteiger partial charge is 0.351 e. The summed E-state index contributed by atoms with van der Waals surface area (Å²) in [5.74, 6) is -0.501. The quantitative estimate of drug-likeness (QED) is 0.738. The highest BCUT2D eigenvalue weighted by Crippen LogP contribution is 2.37. The third-order valence-electron chi connectivity index (χ3n) is 3.89. The molecule has 1 amide bonds. The Morgan fingerprint density at radius 1 is 1.28 bits per heavy atom. The summed E-state index contributed by atoms with van der Waals surface area (Å²) in [5, 5.41) is 5.99. The SMILES string of the molecule is Cl.O=C(NC1CCNC1)C(Sc1ccc(F)c(Cl)c1)c1ccccc1. The summed E-state index contributed by atoms with van der Waals surface area (Å²) < 4.78 is 13.4. The summed E-state index contributed by atoms with van der Waals surface area (Å²) >= 11 is 7.24. The molecule has 7 heteroatoms. The van der Waals surface area contributed by atoms with Crippen LogP contribution in [0.4, 0.5) is 4.39 Å². The minimum Gasteiger partial charge on any atom is -0.351 e. The van der Waals surface area contributed by atoms with Crippen LogP contribution in [0.1, 0.15) is 17.2 Å².